The van der Waals surface area contributed by atoms with Crippen molar-refractivity contribution in [3.63, 3.8) is 0 Å². The molecular formula is C30H46O4. The lowest BCUT2D eigenvalue weighted by atomic mass is 9.90. The van der Waals surface area contributed by atoms with Gasteiger partial charge in [-0.15, -0.1) is 0 Å². The van der Waals surface area contributed by atoms with Gasteiger partial charge >= 0.3 is 5.97 Å². The highest BCUT2D eigenvalue weighted by molar-refractivity contribution is 5.70. The smallest absolute Gasteiger partial charge is 0.309 e. The Hall–Kier alpha value is -1.65. The number of carbonyl (C=O) groups is 1. The van der Waals surface area contributed by atoms with Crippen LogP contribution in [0, 0.1) is 0 Å². The summed E-state index contributed by atoms with van der Waals surface area (Å²) in [5.41, 5.74) is 2.74. The predicted octanol–water partition coefficient (Wildman–Crippen LogP) is 7.54. The first-order valence-electron chi connectivity index (χ1n) is 13.7. The van der Waals surface area contributed by atoms with Crippen LogP contribution in [0.5, 0.6) is 0 Å². The molecule has 3 aliphatic rings. The molecule has 3 rings (SSSR count). The summed E-state index contributed by atoms with van der Waals surface area (Å²) in [6.07, 6.45) is 26.0. The third kappa shape index (κ3) is 9.54. The van der Waals surface area contributed by atoms with Gasteiger partial charge < -0.3 is 14.2 Å². The number of allylic oxidation sites excluding steroid dienone is 6. The van der Waals surface area contributed by atoms with Gasteiger partial charge in [-0.3, -0.25) is 4.79 Å². The number of hydrogen-bond acceptors (Lipinski definition) is 4. The summed E-state index contributed by atoms with van der Waals surface area (Å²) in [4.78, 5) is 12.9. The maximum absolute atomic E-state index is 12.9. The van der Waals surface area contributed by atoms with E-state index in [1.807, 2.05) is 18.2 Å². The van der Waals surface area contributed by atoms with Crippen LogP contribution in [0.1, 0.15) is 104 Å². The number of fused-ring (bicyclic) bond motifs is 4. The molecule has 0 amide bonds. The minimum Gasteiger partial charge on any atom is -0.458 e. The highest BCUT2D eigenvalue weighted by Gasteiger charge is 2.32. The Morgan fingerprint density at radius 2 is 1.59 bits per heavy atom. The Morgan fingerprint density at radius 3 is 2.41 bits per heavy atom. The van der Waals surface area contributed by atoms with Gasteiger partial charge in [0.05, 0.1) is 30.8 Å². The summed E-state index contributed by atoms with van der Waals surface area (Å²) < 4.78 is 18.8. The number of cyclic esters (lactones) is 1. The van der Waals surface area contributed by atoms with Crippen LogP contribution in [0.4, 0.5) is 0 Å². The standard InChI is InChI=1S/C30H46O4/c1-4-23(3)13-8-6-9-15-26-16-11-7-10-14-25-17-12-18-27(32-25)21-28-19-24(5-2)20-29(33-28)22-30(31)34-26/h5-6,8-9,13,15,25-29H,4,7,10-12,14,16-22H2,1-3H3. The third-order valence-corrected chi connectivity index (χ3v) is 7.41. The monoisotopic (exact) mass is 470 g/mol. The van der Waals surface area contributed by atoms with Crippen molar-refractivity contribution in [3.05, 3.63) is 47.6 Å². The molecule has 3 aliphatic heterocycles. The van der Waals surface area contributed by atoms with E-state index in [2.05, 4.69) is 39.0 Å². The summed E-state index contributed by atoms with van der Waals surface area (Å²) in [5, 5.41) is 0. The second-order valence-electron chi connectivity index (χ2n) is 10.3. The molecule has 0 saturated carbocycles. The van der Waals surface area contributed by atoms with Crippen molar-refractivity contribution in [2.24, 2.45) is 0 Å². The van der Waals surface area contributed by atoms with Gasteiger partial charge in [-0.25, -0.2) is 0 Å². The molecule has 34 heavy (non-hydrogen) atoms. The fourth-order valence-electron chi connectivity index (χ4n) is 5.27. The second-order valence-corrected chi connectivity index (χ2v) is 10.3. The van der Waals surface area contributed by atoms with Crippen molar-refractivity contribution in [2.45, 2.75) is 135 Å². The van der Waals surface area contributed by atoms with Crippen molar-refractivity contribution >= 4 is 5.97 Å². The number of rotatable bonds is 4. The lowest BCUT2D eigenvalue weighted by Crippen LogP contribution is -2.37. The summed E-state index contributed by atoms with van der Waals surface area (Å²) in [6.45, 7) is 6.38. The minimum absolute atomic E-state index is 0.101. The van der Waals surface area contributed by atoms with E-state index in [1.165, 1.54) is 30.4 Å². The fraction of sp³-hybridized carbons (Fsp3) is 0.700. The Balaban J connectivity index is 1.66. The van der Waals surface area contributed by atoms with Gasteiger partial charge in [0.15, 0.2) is 0 Å². The zero-order chi connectivity index (χ0) is 24.2. The Labute approximate surface area is 207 Å². The fourth-order valence-corrected chi connectivity index (χ4v) is 5.27. The molecule has 5 atom stereocenters. The first-order chi connectivity index (χ1) is 16.6. The number of carbonyl (C=O) groups excluding carboxylic acids is 1. The van der Waals surface area contributed by atoms with Gasteiger partial charge in [-0.2, -0.15) is 0 Å². The predicted molar refractivity (Wildman–Crippen MR) is 139 cm³/mol. The zero-order valence-electron chi connectivity index (χ0n) is 21.7. The van der Waals surface area contributed by atoms with Crippen LogP contribution >= 0.6 is 0 Å². The molecule has 0 aromatic carbocycles. The van der Waals surface area contributed by atoms with Crippen LogP contribution in [-0.2, 0) is 19.0 Å². The first kappa shape index (κ1) is 26.9. The van der Waals surface area contributed by atoms with E-state index in [0.29, 0.717) is 18.6 Å². The molecule has 5 unspecified atom stereocenters. The van der Waals surface area contributed by atoms with E-state index < -0.39 is 0 Å². The number of hydrogen-bond donors (Lipinski definition) is 0. The Morgan fingerprint density at radius 1 is 0.853 bits per heavy atom. The maximum atomic E-state index is 12.9. The highest BCUT2D eigenvalue weighted by Crippen LogP contribution is 2.33. The lowest BCUT2D eigenvalue weighted by molar-refractivity contribution is -0.153. The quantitative estimate of drug-likeness (QED) is 0.242. The summed E-state index contributed by atoms with van der Waals surface area (Å²) in [6, 6.07) is 0. The van der Waals surface area contributed by atoms with E-state index >= 15 is 0 Å². The molecule has 190 valence electrons. The van der Waals surface area contributed by atoms with Crippen LogP contribution in [0.25, 0.3) is 0 Å². The third-order valence-electron chi connectivity index (χ3n) is 7.41. The molecule has 0 N–H and O–H groups in total. The van der Waals surface area contributed by atoms with Gasteiger partial charge in [-0.05, 0) is 77.7 Å². The lowest BCUT2D eigenvalue weighted by Gasteiger charge is -2.36. The maximum Gasteiger partial charge on any atom is 0.309 e. The Bertz CT molecular complexity index is 747. The van der Waals surface area contributed by atoms with Crippen LogP contribution < -0.4 is 0 Å². The molecular weight excluding hydrogens is 424 g/mol. The van der Waals surface area contributed by atoms with Crippen molar-refractivity contribution < 1.29 is 19.0 Å². The molecule has 3 heterocycles. The second kappa shape index (κ2) is 14.7. The molecule has 4 bridgehead atoms. The summed E-state index contributed by atoms with van der Waals surface area (Å²) in [7, 11) is 0. The van der Waals surface area contributed by atoms with Crippen molar-refractivity contribution in [1.82, 2.24) is 0 Å². The molecule has 3 fully saturated rings. The molecule has 0 spiro atoms. The minimum atomic E-state index is -0.183. The van der Waals surface area contributed by atoms with E-state index in [1.54, 1.807) is 0 Å². The largest absolute Gasteiger partial charge is 0.458 e. The van der Waals surface area contributed by atoms with Crippen LogP contribution in [0.15, 0.2) is 47.6 Å². The van der Waals surface area contributed by atoms with Crippen LogP contribution in [-0.4, -0.2) is 36.5 Å². The van der Waals surface area contributed by atoms with E-state index in [-0.39, 0.29) is 24.3 Å². The number of ether oxygens (including phenoxy) is 3. The SMILES string of the molecule is CC=C1CC2CC(=O)OC(C=CC=CC=C(C)CC)CCCCCC3CCCC(CC(C1)O2)O3. The molecule has 0 aliphatic carbocycles. The average Bonchev–Trinajstić information content (AvgIpc) is 2.82. The normalized spacial score (nSPS) is 34.0. The van der Waals surface area contributed by atoms with Crippen molar-refractivity contribution in [2.75, 3.05) is 0 Å². The average molecular weight is 471 g/mol. The van der Waals surface area contributed by atoms with Gasteiger partial charge in [0.2, 0.25) is 0 Å². The highest BCUT2D eigenvalue weighted by atomic mass is 16.5. The molecule has 3 saturated heterocycles. The van der Waals surface area contributed by atoms with Crippen LogP contribution in [0.3, 0.4) is 0 Å². The van der Waals surface area contributed by atoms with Gasteiger partial charge in [0, 0.05) is 6.42 Å². The zero-order valence-corrected chi connectivity index (χ0v) is 21.7. The van der Waals surface area contributed by atoms with Crippen LogP contribution in [0.2, 0.25) is 0 Å². The van der Waals surface area contributed by atoms with E-state index in [0.717, 1.165) is 57.8 Å². The molecule has 4 heteroatoms. The summed E-state index contributed by atoms with van der Waals surface area (Å²) in [5.74, 6) is -0.150. The van der Waals surface area contributed by atoms with E-state index in [9.17, 15) is 4.79 Å². The van der Waals surface area contributed by atoms with Gasteiger partial charge in [0.1, 0.15) is 6.10 Å². The Kier molecular flexibility index (Phi) is 11.6. The van der Waals surface area contributed by atoms with Crippen molar-refractivity contribution in [3.8, 4) is 0 Å². The topological polar surface area (TPSA) is 44.8 Å². The molecule has 0 aromatic rings. The molecule has 0 radical (unpaired) electrons. The van der Waals surface area contributed by atoms with Gasteiger partial charge in [0.25, 0.3) is 0 Å². The first-order valence-corrected chi connectivity index (χ1v) is 13.7. The molecule has 0 aromatic heterocycles. The van der Waals surface area contributed by atoms with Gasteiger partial charge in [-0.1, -0.05) is 61.3 Å². The van der Waals surface area contributed by atoms with Crippen molar-refractivity contribution in [1.29, 1.82) is 0 Å². The number of esters is 1. The molecule has 4 nitrogen and oxygen atoms in total. The van der Waals surface area contributed by atoms with E-state index in [4.69, 9.17) is 14.2 Å². The summed E-state index contributed by atoms with van der Waals surface area (Å²) >= 11 is 0.